The van der Waals surface area contributed by atoms with Crippen LogP contribution in [0.2, 0.25) is 10.0 Å². The Morgan fingerprint density at radius 1 is 1.35 bits per heavy atom. The number of halogens is 2. The first-order valence-electron chi connectivity index (χ1n) is 6.69. The summed E-state index contributed by atoms with van der Waals surface area (Å²) in [5.74, 6) is 0. The first kappa shape index (κ1) is 15.4. The normalized spacial score (nSPS) is 17.6. The van der Waals surface area contributed by atoms with E-state index < -0.39 is 0 Å². The van der Waals surface area contributed by atoms with Crippen LogP contribution < -0.4 is 16.0 Å². The Morgan fingerprint density at radius 2 is 2.05 bits per heavy atom. The number of anilines is 1. The highest BCUT2D eigenvalue weighted by Gasteiger charge is 2.27. The summed E-state index contributed by atoms with van der Waals surface area (Å²) in [5.41, 5.74) is 0.674. The number of hydrogen-bond donors (Lipinski definition) is 3. The minimum atomic E-state index is -0.256. The predicted molar refractivity (Wildman–Crippen MR) is 83.7 cm³/mol. The van der Waals surface area contributed by atoms with E-state index in [0.717, 1.165) is 25.9 Å². The fraction of sp³-hybridized carbons (Fsp3) is 0.500. The van der Waals surface area contributed by atoms with Crippen LogP contribution >= 0.6 is 23.2 Å². The van der Waals surface area contributed by atoms with Crippen molar-refractivity contribution in [3.63, 3.8) is 0 Å². The molecule has 1 heterocycles. The molecule has 0 aromatic heterocycles. The number of carbonyl (C=O) groups is 1. The molecule has 1 aromatic carbocycles. The lowest BCUT2D eigenvalue weighted by atomic mass is 9.81. The fourth-order valence-electron chi connectivity index (χ4n) is 2.26. The van der Waals surface area contributed by atoms with Gasteiger partial charge < -0.3 is 16.0 Å². The standard InChI is InChI=1S/C14H19Cl2N3O/c1-14(4-6-17-7-5-14)9-18-13(20)19-12-8-10(15)2-3-11(12)16/h2-3,8,17H,4-7,9H2,1H3,(H2,18,19,20). The first-order chi connectivity index (χ1) is 9.48. The quantitative estimate of drug-likeness (QED) is 0.799. The Labute approximate surface area is 129 Å². The maximum atomic E-state index is 11.9. The van der Waals surface area contributed by atoms with E-state index in [9.17, 15) is 4.79 Å². The second-order valence-electron chi connectivity index (χ2n) is 5.49. The molecule has 3 N–H and O–H groups in total. The zero-order valence-electron chi connectivity index (χ0n) is 11.4. The van der Waals surface area contributed by atoms with Gasteiger partial charge in [-0.3, -0.25) is 0 Å². The summed E-state index contributed by atoms with van der Waals surface area (Å²) < 4.78 is 0. The van der Waals surface area contributed by atoms with Crippen LogP contribution in [0, 0.1) is 5.41 Å². The SMILES string of the molecule is CC1(CNC(=O)Nc2cc(Cl)ccc2Cl)CCNCC1. The van der Waals surface area contributed by atoms with E-state index in [0.29, 0.717) is 22.3 Å². The molecule has 4 nitrogen and oxygen atoms in total. The number of benzene rings is 1. The molecule has 1 fully saturated rings. The van der Waals surface area contributed by atoms with Gasteiger partial charge in [0.15, 0.2) is 0 Å². The predicted octanol–water partition coefficient (Wildman–Crippen LogP) is 3.50. The van der Waals surface area contributed by atoms with Crippen LogP contribution in [-0.4, -0.2) is 25.7 Å². The summed E-state index contributed by atoms with van der Waals surface area (Å²) >= 11 is 11.9. The van der Waals surface area contributed by atoms with Crippen LogP contribution in [0.25, 0.3) is 0 Å². The number of amides is 2. The summed E-state index contributed by atoms with van der Waals surface area (Å²) in [7, 11) is 0. The number of piperidine rings is 1. The molecule has 0 spiro atoms. The van der Waals surface area contributed by atoms with E-state index in [1.165, 1.54) is 0 Å². The third kappa shape index (κ3) is 4.27. The minimum absolute atomic E-state index is 0.153. The highest BCUT2D eigenvalue weighted by molar-refractivity contribution is 6.35. The van der Waals surface area contributed by atoms with Gasteiger partial charge in [0.1, 0.15) is 0 Å². The van der Waals surface area contributed by atoms with Crippen molar-refractivity contribution < 1.29 is 4.79 Å². The number of hydrogen-bond acceptors (Lipinski definition) is 2. The molecule has 1 aromatic rings. The lowest BCUT2D eigenvalue weighted by Crippen LogP contribution is -2.44. The second-order valence-corrected chi connectivity index (χ2v) is 6.34. The van der Waals surface area contributed by atoms with Gasteiger partial charge in [0, 0.05) is 11.6 Å². The molecule has 1 aliphatic heterocycles. The average Bonchev–Trinajstić information content (AvgIpc) is 2.42. The first-order valence-corrected chi connectivity index (χ1v) is 7.45. The largest absolute Gasteiger partial charge is 0.337 e. The van der Waals surface area contributed by atoms with Crippen molar-refractivity contribution in [3.8, 4) is 0 Å². The molecule has 0 saturated carbocycles. The molecule has 2 rings (SSSR count). The van der Waals surface area contributed by atoms with E-state index in [2.05, 4.69) is 22.9 Å². The zero-order chi connectivity index (χ0) is 14.6. The monoisotopic (exact) mass is 315 g/mol. The highest BCUT2D eigenvalue weighted by atomic mass is 35.5. The molecule has 0 bridgehead atoms. The molecule has 110 valence electrons. The van der Waals surface area contributed by atoms with Gasteiger partial charge in [0.2, 0.25) is 0 Å². The van der Waals surface area contributed by atoms with Crippen LogP contribution in [0.5, 0.6) is 0 Å². The average molecular weight is 316 g/mol. The van der Waals surface area contributed by atoms with Gasteiger partial charge in [0.05, 0.1) is 10.7 Å². The molecule has 0 atom stereocenters. The van der Waals surface area contributed by atoms with Crippen molar-refractivity contribution in [2.24, 2.45) is 5.41 Å². The van der Waals surface area contributed by atoms with Gasteiger partial charge in [-0.1, -0.05) is 30.1 Å². The van der Waals surface area contributed by atoms with E-state index >= 15 is 0 Å². The minimum Gasteiger partial charge on any atom is -0.337 e. The maximum Gasteiger partial charge on any atom is 0.319 e. The molecule has 6 heteroatoms. The van der Waals surface area contributed by atoms with E-state index in [1.807, 2.05) is 0 Å². The maximum absolute atomic E-state index is 11.9. The Bertz CT molecular complexity index is 487. The van der Waals surface area contributed by atoms with E-state index in [-0.39, 0.29) is 11.4 Å². The highest BCUT2D eigenvalue weighted by Crippen LogP contribution is 2.27. The van der Waals surface area contributed by atoms with Crippen LogP contribution in [0.15, 0.2) is 18.2 Å². The number of nitrogens with one attached hydrogen (secondary N) is 3. The Morgan fingerprint density at radius 3 is 2.75 bits per heavy atom. The van der Waals surface area contributed by atoms with Crippen molar-refractivity contribution in [3.05, 3.63) is 28.2 Å². The van der Waals surface area contributed by atoms with Crippen LogP contribution in [0.4, 0.5) is 10.5 Å². The van der Waals surface area contributed by atoms with Crippen LogP contribution in [0.1, 0.15) is 19.8 Å². The molecular weight excluding hydrogens is 297 g/mol. The van der Waals surface area contributed by atoms with Gasteiger partial charge in [0.25, 0.3) is 0 Å². The number of urea groups is 1. The van der Waals surface area contributed by atoms with Gasteiger partial charge in [-0.25, -0.2) is 4.79 Å². The molecule has 0 aliphatic carbocycles. The summed E-state index contributed by atoms with van der Waals surface area (Å²) in [6.45, 7) is 4.85. The van der Waals surface area contributed by atoms with Crippen molar-refractivity contribution in [1.82, 2.24) is 10.6 Å². The molecule has 20 heavy (non-hydrogen) atoms. The molecule has 1 aliphatic rings. The van der Waals surface area contributed by atoms with Crippen molar-refractivity contribution in [2.75, 3.05) is 25.0 Å². The van der Waals surface area contributed by atoms with E-state index in [1.54, 1.807) is 18.2 Å². The second kappa shape index (κ2) is 6.66. The van der Waals surface area contributed by atoms with Gasteiger partial charge in [-0.15, -0.1) is 0 Å². The van der Waals surface area contributed by atoms with E-state index in [4.69, 9.17) is 23.2 Å². The van der Waals surface area contributed by atoms with Gasteiger partial charge in [-0.05, 0) is 49.5 Å². The third-order valence-electron chi connectivity index (χ3n) is 3.66. The lowest BCUT2D eigenvalue weighted by Gasteiger charge is -2.34. The van der Waals surface area contributed by atoms with Crippen LogP contribution in [-0.2, 0) is 0 Å². The Kier molecular flexibility index (Phi) is 5.13. The molecule has 0 unspecified atom stereocenters. The summed E-state index contributed by atoms with van der Waals surface area (Å²) in [6.07, 6.45) is 2.12. The molecular formula is C14H19Cl2N3O. The fourth-order valence-corrected chi connectivity index (χ4v) is 2.60. The lowest BCUT2D eigenvalue weighted by molar-refractivity contribution is 0.213. The van der Waals surface area contributed by atoms with Crippen molar-refractivity contribution in [2.45, 2.75) is 19.8 Å². The zero-order valence-corrected chi connectivity index (χ0v) is 12.9. The Hall–Kier alpha value is -0.970. The summed E-state index contributed by atoms with van der Waals surface area (Å²) in [5, 5.41) is 9.96. The summed E-state index contributed by atoms with van der Waals surface area (Å²) in [4.78, 5) is 11.9. The third-order valence-corrected chi connectivity index (χ3v) is 4.23. The Balaban J connectivity index is 1.87. The van der Waals surface area contributed by atoms with Crippen molar-refractivity contribution >= 4 is 34.9 Å². The summed E-state index contributed by atoms with van der Waals surface area (Å²) in [6, 6.07) is 4.72. The van der Waals surface area contributed by atoms with Crippen LogP contribution in [0.3, 0.4) is 0 Å². The molecule has 2 amide bonds. The van der Waals surface area contributed by atoms with Crippen molar-refractivity contribution in [1.29, 1.82) is 0 Å². The molecule has 0 radical (unpaired) electrons. The topological polar surface area (TPSA) is 53.2 Å². The number of rotatable bonds is 3. The molecule has 1 saturated heterocycles. The number of carbonyl (C=O) groups excluding carboxylic acids is 1. The van der Waals surface area contributed by atoms with Gasteiger partial charge in [-0.2, -0.15) is 0 Å². The van der Waals surface area contributed by atoms with Gasteiger partial charge >= 0.3 is 6.03 Å². The smallest absolute Gasteiger partial charge is 0.319 e.